The lowest BCUT2D eigenvalue weighted by molar-refractivity contribution is 0.297. The van der Waals surface area contributed by atoms with Crippen LogP contribution in [-0.2, 0) is 16.4 Å². The first-order valence-corrected chi connectivity index (χ1v) is 9.93. The van der Waals surface area contributed by atoms with Gasteiger partial charge in [0.05, 0.1) is 30.3 Å². The minimum absolute atomic E-state index is 0. The first-order chi connectivity index (χ1) is 12.4. The van der Waals surface area contributed by atoms with Crippen molar-refractivity contribution in [2.75, 3.05) is 24.8 Å². The molecule has 1 aromatic heterocycles. The van der Waals surface area contributed by atoms with Crippen molar-refractivity contribution < 1.29 is 17.9 Å². The summed E-state index contributed by atoms with van der Waals surface area (Å²) in [6.07, 6.45) is 3.48. The minimum atomic E-state index is -3.38. The summed E-state index contributed by atoms with van der Waals surface area (Å²) in [5.41, 5.74) is 6.95. The highest BCUT2D eigenvalue weighted by atomic mass is 127. The van der Waals surface area contributed by atoms with E-state index in [0.717, 1.165) is 12.7 Å². The van der Waals surface area contributed by atoms with Crippen molar-refractivity contribution >= 4 is 45.5 Å². The van der Waals surface area contributed by atoms with Crippen LogP contribution in [0.15, 0.2) is 46.4 Å². The molecule has 3 rings (SSSR count). The fourth-order valence-electron chi connectivity index (χ4n) is 2.47. The predicted molar refractivity (Wildman–Crippen MR) is 114 cm³/mol. The Kier molecular flexibility index (Phi) is 7.25. The maximum absolute atomic E-state index is 11.8. The number of hydrogen-bond acceptors (Lipinski definition) is 6. The summed E-state index contributed by atoms with van der Waals surface area (Å²) in [5, 5.41) is 2.96. The molecule has 0 aliphatic carbocycles. The number of sulfone groups is 1. The lowest BCUT2D eigenvalue weighted by Crippen LogP contribution is -2.22. The number of nitrogens with two attached hydrogens (primary N) is 1. The Bertz CT molecular complexity index is 934. The van der Waals surface area contributed by atoms with Gasteiger partial charge < -0.3 is 20.5 Å². The van der Waals surface area contributed by atoms with E-state index in [1.807, 2.05) is 0 Å². The second-order valence-electron chi connectivity index (χ2n) is 5.76. The van der Waals surface area contributed by atoms with Crippen molar-refractivity contribution in [2.24, 2.45) is 10.7 Å². The van der Waals surface area contributed by atoms with Gasteiger partial charge in [0.15, 0.2) is 27.3 Å². The minimum Gasteiger partial charge on any atom is -0.490 e. The Morgan fingerprint density at radius 1 is 1.26 bits per heavy atom. The van der Waals surface area contributed by atoms with Crippen LogP contribution in [0.4, 0.5) is 5.69 Å². The largest absolute Gasteiger partial charge is 0.490 e. The summed E-state index contributed by atoms with van der Waals surface area (Å²) in [6, 6.07) is 8.46. The molecule has 0 radical (unpaired) electrons. The van der Waals surface area contributed by atoms with E-state index in [0.29, 0.717) is 36.1 Å². The van der Waals surface area contributed by atoms with Crippen LogP contribution in [0.5, 0.6) is 11.5 Å². The number of fused-ring (bicyclic) bond motifs is 1. The first-order valence-electron chi connectivity index (χ1n) is 8.04. The van der Waals surface area contributed by atoms with E-state index in [9.17, 15) is 8.42 Å². The standard InChI is InChI=1S/C17H20N4O4S.HI/c1-26(22,23)16-4-2-7-19-13(16)11-20-17(18)21-12-5-6-14-15(10-12)25-9-3-8-24-14;/h2,4-7,10H,3,8-9,11H2,1H3,(H3,18,20,21);1H. The zero-order chi connectivity index (χ0) is 18.6. The molecule has 0 atom stereocenters. The van der Waals surface area contributed by atoms with E-state index in [-0.39, 0.29) is 41.4 Å². The SMILES string of the molecule is CS(=O)(=O)c1cccnc1CN=C(N)Nc1ccc2c(c1)OCCCO2.I. The van der Waals surface area contributed by atoms with Gasteiger partial charge in [-0.3, -0.25) is 4.98 Å². The number of rotatable bonds is 4. The van der Waals surface area contributed by atoms with Gasteiger partial charge in [-0.25, -0.2) is 13.4 Å². The molecule has 8 nitrogen and oxygen atoms in total. The molecule has 0 amide bonds. The summed E-state index contributed by atoms with van der Waals surface area (Å²) >= 11 is 0. The van der Waals surface area contributed by atoms with E-state index < -0.39 is 9.84 Å². The predicted octanol–water partition coefficient (Wildman–Crippen LogP) is 2.19. The number of aliphatic imine (C=N–C) groups is 1. The number of halogens is 1. The number of ether oxygens (including phenoxy) is 2. The van der Waals surface area contributed by atoms with Crippen LogP contribution in [0.2, 0.25) is 0 Å². The molecular weight excluding hydrogens is 483 g/mol. The molecular formula is C17H21IN4O4S. The number of hydrogen-bond donors (Lipinski definition) is 2. The number of nitrogens with one attached hydrogen (secondary N) is 1. The van der Waals surface area contributed by atoms with Crippen molar-refractivity contribution in [1.29, 1.82) is 0 Å². The van der Waals surface area contributed by atoms with E-state index in [1.54, 1.807) is 24.3 Å². The van der Waals surface area contributed by atoms with Crippen LogP contribution in [0.3, 0.4) is 0 Å². The molecule has 0 saturated heterocycles. The average Bonchev–Trinajstić information content (AvgIpc) is 2.84. The summed E-state index contributed by atoms with van der Waals surface area (Å²) in [5.74, 6) is 1.48. The third kappa shape index (κ3) is 5.70. The van der Waals surface area contributed by atoms with Gasteiger partial charge in [-0.1, -0.05) is 0 Å². The van der Waals surface area contributed by atoms with Crippen LogP contribution < -0.4 is 20.5 Å². The molecule has 0 bridgehead atoms. The number of benzene rings is 1. The smallest absolute Gasteiger partial charge is 0.193 e. The first kappa shape index (κ1) is 21.2. The van der Waals surface area contributed by atoms with E-state index in [2.05, 4.69) is 15.3 Å². The number of nitrogens with zero attached hydrogens (tertiary/aromatic N) is 2. The highest BCUT2D eigenvalue weighted by molar-refractivity contribution is 14.0. The molecule has 1 aromatic carbocycles. The second-order valence-corrected chi connectivity index (χ2v) is 7.74. The maximum Gasteiger partial charge on any atom is 0.193 e. The van der Waals surface area contributed by atoms with Gasteiger partial charge in [0.1, 0.15) is 0 Å². The molecule has 0 fully saturated rings. The van der Waals surface area contributed by atoms with Crippen molar-refractivity contribution in [3.8, 4) is 11.5 Å². The number of anilines is 1. The zero-order valence-electron chi connectivity index (χ0n) is 14.7. The molecule has 1 aliphatic heterocycles. The second kappa shape index (κ2) is 9.22. The van der Waals surface area contributed by atoms with Crippen LogP contribution in [0.1, 0.15) is 12.1 Å². The van der Waals surface area contributed by atoms with E-state index in [1.165, 1.54) is 12.3 Å². The summed E-state index contributed by atoms with van der Waals surface area (Å²) in [4.78, 5) is 8.41. The molecule has 1 aliphatic rings. The molecule has 27 heavy (non-hydrogen) atoms. The van der Waals surface area contributed by atoms with Crippen LogP contribution in [0, 0.1) is 0 Å². The van der Waals surface area contributed by atoms with E-state index in [4.69, 9.17) is 15.2 Å². The molecule has 0 saturated carbocycles. The van der Waals surface area contributed by atoms with Crippen molar-refractivity contribution in [2.45, 2.75) is 17.9 Å². The number of guanidine groups is 1. The number of pyridine rings is 1. The van der Waals surface area contributed by atoms with Gasteiger partial charge in [-0.05, 0) is 24.3 Å². The summed E-state index contributed by atoms with van der Waals surface area (Å²) < 4.78 is 34.8. The fraction of sp³-hybridized carbons (Fsp3) is 0.294. The Morgan fingerprint density at radius 3 is 2.74 bits per heavy atom. The lowest BCUT2D eigenvalue weighted by atomic mass is 10.3. The summed E-state index contributed by atoms with van der Waals surface area (Å²) in [6.45, 7) is 1.26. The number of aromatic nitrogens is 1. The van der Waals surface area contributed by atoms with Crippen LogP contribution >= 0.6 is 24.0 Å². The highest BCUT2D eigenvalue weighted by Gasteiger charge is 2.14. The molecule has 10 heteroatoms. The molecule has 0 spiro atoms. The summed E-state index contributed by atoms with van der Waals surface area (Å²) in [7, 11) is -3.38. The third-order valence-corrected chi connectivity index (χ3v) is 4.84. The van der Waals surface area contributed by atoms with Crippen molar-refractivity contribution in [1.82, 2.24) is 4.98 Å². The Balaban J connectivity index is 0.00000261. The van der Waals surface area contributed by atoms with E-state index >= 15 is 0 Å². The highest BCUT2D eigenvalue weighted by Crippen LogP contribution is 2.32. The Labute approximate surface area is 175 Å². The fourth-order valence-corrected chi connectivity index (χ4v) is 3.34. The third-order valence-electron chi connectivity index (χ3n) is 3.67. The quantitative estimate of drug-likeness (QED) is 0.373. The zero-order valence-corrected chi connectivity index (χ0v) is 17.9. The normalized spacial score (nSPS) is 14.0. The van der Waals surface area contributed by atoms with Gasteiger partial charge in [-0.15, -0.1) is 24.0 Å². The van der Waals surface area contributed by atoms with Crippen molar-refractivity contribution in [3.05, 3.63) is 42.2 Å². The van der Waals surface area contributed by atoms with Crippen molar-refractivity contribution in [3.63, 3.8) is 0 Å². The average molecular weight is 504 g/mol. The molecule has 2 aromatic rings. The maximum atomic E-state index is 11.8. The monoisotopic (exact) mass is 504 g/mol. The molecule has 0 unspecified atom stereocenters. The van der Waals surface area contributed by atoms with Crippen LogP contribution in [-0.4, -0.2) is 38.8 Å². The Morgan fingerprint density at radius 2 is 2.00 bits per heavy atom. The molecule has 2 heterocycles. The van der Waals surface area contributed by atoms with Gasteiger partial charge >= 0.3 is 0 Å². The van der Waals surface area contributed by atoms with Gasteiger partial charge in [0, 0.05) is 30.6 Å². The molecule has 146 valence electrons. The van der Waals surface area contributed by atoms with Crippen LogP contribution in [0.25, 0.3) is 0 Å². The van der Waals surface area contributed by atoms with Gasteiger partial charge in [0.25, 0.3) is 0 Å². The van der Waals surface area contributed by atoms with Gasteiger partial charge in [0.2, 0.25) is 0 Å². The lowest BCUT2D eigenvalue weighted by Gasteiger charge is -2.11. The Hall–Kier alpha value is -2.08. The van der Waals surface area contributed by atoms with Gasteiger partial charge in [-0.2, -0.15) is 0 Å². The topological polar surface area (TPSA) is 116 Å². The molecule has 3 N–H and O–H groups in total.